The molecule has 6 nitrogen and oxygen atoms in total. The first-order chi connectivity index (χ1) is 11.6. The van der Waals surface area contributed by atoms with E-state index < -0.39 is 11.6 Å². The zero-order chi connectivity index (χ0) is 16.7. The first-order valence-corrected chi connectivity index (χ1v) is 7.43. The highest BCUT2D eigenvalue weighted by Gasteiger charge is 2.25. The van der Waals surface area contributed by atoms with E-state index in [1.54, 1.807) is 24.3 Å². The molecule has 0 unspecified atom stereocenters. The number of imidazole rings is 1. The fourth-order valence-electron chi connectivity index (χ4n) is 2.85. The Balaban J connectivity index is 1.88. The van der Waals surface area contributed by atoms with Crippen molar-refractivity contribution < 1.29 is 9.90 Å². The van der Waals surface area contributed by atoms with Gasteiger partial charge in [-0.2, -0.15) is 0 Å². The number of nitrogens with one attached hydrogen (secondary N) is 1. The van der Waals surface area contributed by atoms with Gasteiger partial charge >= 0.3 is 5.69 Å². The van der Waals surface area contributed by atoms with Crippen LogP contribution >= 0.6 is 0 Å². The predicted octanol–water partition coefficient (Wildman–Crippen LogP) is 0.289. The zero-order valence-corrected chi connectivity index (χ0v) is 12.6. The topological polar surface area (TPSA) is 87.5 Å². The molecular weight excluding hydrogens is 306 g/mol. The van der Waals surface area contributed by atoms with E-state index in [4.69, 9.17) is 0 Å². The molecule has 0 aliphatic carbocycles. The van der Waals surface area contributed by atoms with E-state index in [1.165, 1.54) is 4.57 Å². The van der Waals surface area contributed by atoms with Crippen molar-refractivity contribution in [3.8, 4) is 5.88 Å². The van der Waals surface area contributed by atoms with Crippen LogP contribution in [0.25, 0.3) is 5.57 Å². The van der Waals surface area contributed by atoms with Gasteiger partial charge in [0.2, 0.25) is 5.88 Å². The Morgan fingerprint density at radius 3 is 2.50 bits per heavy atom. The maximum atomic E-state index is 12.2. The van der Waals surface area contributed by atoms with Crippen LogP contribution in [0, 0.1) is 0 Å². The Bertz CT molecular complexity index is 1120. The molecule has 2 heterocycles. The Morgan fingerprint density at radius 1 is 1.00 bits per heavy atom. The first kappa shape index (κ1) is 14.2. The van der Waals surface area contributed by atoms with Crippen molar-refractivity contribution in [1.82, 2.24) is 9.55 Å². The molecule has 0 radical (unpaired) electrons. The summed E-state index contributed by atoms with van der Waals surface area (Å²) >= 11 is 0. The van der Waals surface area contributed by atoms with Gasteiger partial charge in [0.1, 0.15) is 5.69 Å². The zero-order valence-electron chi connectivity index (χ0n) is 12.6. The van der Waals surface area contributed by atoms with Crippen LogP contribution in [0.3, 0.4) is 0 Å². The van der Waals surface area contributed by atoms with E-state index in [9.17, 15) is 14.7 Å². The largest absolute Gasteiger partial charge is 0.493 e. The number of H-pyrrole nitrogens is 1. The Labute approximate surface area is 136 Å². The molecule has 24 heavy (non-hydrogen) atoms. The van der Waals surface area contributed by atoms with Gasteiger partial charge in [-0.1, -0.05) is 48.5 Å². The van der Waals surface area contributed by atoms with Crippen LogP contribution in [-0.4, -0.2) is 20.6 Å². The van der Waals surface area contributed by atoms with E-state index in [1.807, 2.05) is 30.3 Å². The number of para-hydroxylation sites is 1. The Morgan fingerprint density at radius 2 is 1.71 bits per heavy atom. The minimum atomic E-state index is -0.476. The number of aromatic hydroxyl groups is 1. The van der Waals surface area contributed by atoms with Crippen molar-refractivity contribution in [2.24, 2.45) is 4.99 Å². The molecule has 1 aromatic heterocycles. The summed E-state index contributed by atoms with van der Waals surface area (Å²) in [7, 11) is 0. The molecule has 0 saturated heterocycles. The number of carbonyl (C=O) groups excluding carboxylic acids is 1. The first-order valence-electron chi connectivity index (χ1n) is 7.43. The van der Waals surface area contributed by atoms with Crippen molar-refractivity contribution in [2.45, 2.75) is 6.54 Å². The fourth-order valence-corrected chi connectivity index (χ4v) is 2.85. The number of rotatable bonds is 3. The molecule has 1 aliphatic rings. The van der Waals surface area contributed by atoms with Crippen molar-refractivity contribution in [3.05, 3.63) is 86.9 Å². The summed E-state index contributed by atoms with van der Waals surface area (Å²) in [5.41, 5.74) is 0.714. The quantitative estimate of drug-likeness (QED) is 0.727. The van der Waals surface area contributed by atoms with Crippen molar-refractivity contribution in [3.63, 3.8) is 0 Å². The molecule has 2 N–H and O–H groups in total. The highest BCUT2D eigenvalue weighted by Crippen LogP contribution is 2.22. The lowest BCUT2D eigenvalue weighted by Crippen LogP contribution is -2.22. The number of amides is 1. The van der Waals surface area contributed by atoms with Crippen LogP contribution in [0.2, 0.25) is 0 Å². The minimum Gasteiger partial charge on any atom is -0.493 e. The van der Waals surface area contributed by atoms with Crippen LogP contribution in [-0.2, 0) is 11.3 Å². The van der Waals surface area contributed by atoms with E-state index in [0.29, 0.717) is 10.6 Å². The Hall–Kier alpha value is -3.41. The van der Waals surface area contributed by atoms with Gasteiger partial charge in [0.05, 0.1) is 17.5 Å². The van der Waals surface area contributed by atoms with Gasteiger partial charge in [0.25, 0.3) is 5.91 Å². The predicted molar refractivity (Wildman–Crippen MR) is 87.0 cm³/mol. The fraction of sp³-hybridized carbons (Fsp3) is 0.0556. The average molecular weight is 319 g/mol. The monoisotopic (exact) mass is 319 g/mol. The second-order valence-corrected chi connectivity index (χ2v) is 5.51. The number of benzene rings is 2. The summed E-state index contributed by atoms with van der Waals surface area (Å²) in [6, 6.07) is 16.3. The summed E-state index contributed by atoms with van der Waals surface area (Å²) in [4.78, 5) is 31.0. The second-order valence-electron chi connectivity index (χ2n) is 5.51. The van der Waals surface area contributed by atoms with Gasteiger partial charge in [-0.05, 0) is 11.6 Å². The number of hydrogen-bond acceptors (Lipinski definition) is 3. The number of fused-ring (bicyclic) bond motifs is 1. The number of aromatic nitrogens is 2. The molecule has 3 aromatic rings. The molecule has 0 bridgehead atoms. The summed E-state index contributed by atoms with van der Waals surface area (Å²) in [6.07, 6.45) is 0. The average Bonchev–Trinajstić information content (AvgIpc) is 3.06. The molecule has 4 rings (SSSR count). The lowest BCUT2D eigenvalue weighted by atomic mass is 10.1. The summed E-state index contributed by atoms with van der Waals surface area (Å²) in [6.45, 7) is 0.211. The molecule has 6 heteroatoms. The molecule has 0 saturated carbocycles. The van der Waals surface area contributed by atoms with Crippen molar-refractivity contribution in [2.75, 3.05) is 0 Å². The highest BCUT2D eigenvalue weighted by atomic mass is 16.3. The van der Waals surface area contributed by atoms with Crippen molar-refractivity contribution in [1.29, 1.82) is 0 Å². The van der Waals surface area contributed by atoms with Crippen molar-refractivity contribution >= 4 is 11.5 Å². The molecule has 1 amide bonds. The van der Waals surface area contributed by atoms with Crippen LogP contribution in [0.15, 0.2) is 64.4 Å². The van der Waals surface area contributed by atoms with Gasteiger partial charge in [-0.15, -0.1) is 0 Å². The summed E-state index contributed by atoms with van der Waals surface area (Å²) in [5, 5.41) is 11.6. The summed E-state index contributed by atoms with van der Waals surface area (Å²) in [5.74, 6) is -0.737. The Kier molecular flexibility index (Phi) is 3.16. The van der Waals surface area contributed by atoms with Gasteiger partial charge in [-0.3, -0.25) is 9.36 Å². The van der Waals surface area contributed by atoms with E-state index in [2.05, 4.69) is 9.98 Å². The molecule has 0 atom stereocenters. The molecular formula is C18H13N3O3. The van der Waals surface area contributed by atoms with E-state index in [0.717, 1.165) is 5.56 Å². The molecule has 1 aliphatic heterocycles. The summed E-state index contributed by atoms with van der Waals surface area (Å²) < 4.78 is 1.20. The van der Waals surface area contributed by atoms with Gasteiger partial charge in [0, 0.05) is 5.22 Å². The lowest BCUT2D eigenvalue weighted by Gasteiger charge is -2.04. The van der Waals surface area contributed by atoms with Crippen LogP contribution < -0.4 is 16.3 Å². The lowest BCUT2D eigenvalue weighted by molar-refractivity contribution is -0.112. The smallest absolute Gasteiger partial charge is 0.329 e. The molecule has 118 valence electrons. The van der Waals surface area contributed by atoms with Crippen LogP contribution in [0.1, 0.15) is 11.3 Å². The van der Waals surface area contributed by atoms with Crippen LogP contribution in [0.4, 0.5) is 0 Å². The SMILES string of the molecule is O=C1N=c2ccccc2=C1c1[nH]c(=O)n(Cc2ccccc2)c1O. The molecule has 2 aromatic carbocycles. The third kappa shape index (κ3) is 2.16. The number of aromatic amines is 1. The third-order valence-electron chi connectivity index (χ3n) is 4.00. The second kappa shape index (κ2) is 5.34. The van der Waals surface area contributed by atoms with Gasteiger partial charge < -0.3 is 10.1 Å². The third-order valence-corrected chi connectivity index (χ3v) is 4.00. The van der Waals surface area contributed by atoms with E-state index in [-0.39, 0.29) is 23.7 Å². The molecule has 0 fully saturated rings. The van der Waals surface area contributed by atoms with Crippen LogP contribution in [0.5, 0.6) is 5.88 Å². The maximum Gasteiger partial charge on any atom is 0.329 e. The number of carbonyl (C=O) groups is 1. The van der Waals surface area contributed by atoms with E-state index >= 15 is 0 Å². The highest BCUT2D eigenvalue weighted by molar-refractivity contribution is 6.20. The maximum absolute atomic E-state index is 12.2. The standard InChI is InChI=1S/C18H13N3O3/c22-16-14(12-8-4-5-9-13(12)19-16)15-17(23)21(18(24)20-15)10-11-6-2-1-3-7-11/h1-9,23H,10H2,(H,20,24). The number of hydrogen-bond donors (Lipinski definition) is 2. The number of nitrogens with zero attached hydrogens (tertiary/aromatic N) is 2. The minimum absolute atomic E-state index is 0.106. The van der Waals surface area contributed by atoms with Gasteiger partial charge in [-0.25, -0.2) is 9.79 Å². The van der Waals surface area contributed by atoms with Gasteiger partial charge in [0.15, 0.2) is 0 Å². The molecule has 0 spiro atoms. The normalized spacial score (nSPS) is 13.0.